The number of nitrogens with one attached hydrogen (secondary N) is 1. The molecule has 18 heavy (non-hydrogen) atoms. The van der Waals surface area contributed by atoms with Gasteiger partial charge in [0.1, 0.15) is 10.8 Å². The molecule has 0 atom stereocenters. The van der Waals surface area contributed by atoms with E-state index in [1.165, 1.54) is 6.07 Å². The topological polar surface area (TPSA) is 77.0 Å². The van der Waals surface area contributed by atoms with Gasteiger partial charge in [-0.25, -0.2) is 4.39 Å². The van der Waals surface area contributed by atoms with E-state index >= 15 is 0 Å². The van der Waals surface area contributed by atoms with Crippen molar-refractivity contribution in [1.82, 2.24) is 10.1 Å². The maximum Gasteiger partial charge on any atom is 0.223 e. The zero-order chi connectivity index (χ0) is 13.1. The predicted molar refractivity (Wildman–Crippen MR) is 68.6 cm³/mol. The van der Waals surface area contributed by atoms with Gasteiger partial charge in [0.15, 0.2) is 5.82 Å². The van der Waals surface area contributed by atoms with E-state index < -0.39 is 5.82 Å². The second-order valence-electron chi connectivity index (χ2n) is 3.61. The van der Waals surface area contributed by atoms with Gasteiger partial charge in [-0.1, -0.05) is 23.4 Å². The van der Waals surface area contributed by atoms with E-state index in [0.717, 1.165) is 0 Å². The fourth-order valence-corrected chi connectivity index (χ4v) is 1.72. The molecule has 1 heterocycles. The number of hydrogen-bond donors (Lipinski definition) is 2. The Labute approximate surface area is 108 Å². The van der Waals surface area contributed by atoms with E-state index in [2.05, 4.69) is 15.5 Å². The highest BCUT2D eigenvalue weighted by Gasteiger charge is 2.11. The van der Waals surface area contributed by atoms with Crippen LogP contribution in [-0.2, 0) is 6.54 Å². The monoisotopic (exact) mass is 266 g/mol. The van der Waals surface area contributed by atoms with Crippen LogP contribution in [0.15, 0.2) is 22.7 Å². The number of hydrogen-bond acceptors (Lipinski definition) is 5. The Balaban J connectivity index is 2.19. The first kappa shape index (κ1) is 12.4. The zero-order valence-electron chi connectivity index (χ0n) is 9.61. The minimum Gasteiger partial charge on any atom is -0.389 e. The van der Waals surface area contributed by atoms with Gasteiger partial charge in [-0.3, -0.25) is 0 Å². The quantitative estimate of drug-likeness (QED) is 0.821. The van der Waals surface area contributed by atoms with Gasteiger partial charge in [-0.15, -0.1) is 0 Å². The Morgan fingerprint density at radius 1 is 1.56 bits per heavy atom. The lowest BCUT2D eigenvalue weighted by atomic mass is 10.1. The van der Waals surface area contributed by atoms with Gasteiger partial charge >= 0.3 is 0 Å². The van der Waals surface area contributed by atoms with Crippen molar-refractivity contribution < 1.29 is 8.91 Å². The van der Waals surface area contributed by atoms with Crippen LogP contribution in [0, 0.1) is 12.7 Å². The molecule has 1 aromatic heterocycles. The number of aryl methyl sites for hydroxylation is 1. The summed E-state index contributed by atoms with van der Waals surface area (Å²) >= 11 is 4.82. The lowest BCUT2D eigenvalue weighted by molar-refractivity contribution is 0.388. The summed E-state index contributed by atoms with van der Waals surface area (Å²) in [5, 5.41) is 6.69. The highest BCUT2D eigenvalue weighted by Crippen LogP contribution is 2.19. The average molecular weight is 266 g/mol. The number of benzene rings is 1. The van der Waals surface area contributed by atoms with Gasteiger partial charge in [-0.05, 0) is 12.1 Å². The second kappa shape index (κ2) is 5.09. The molecule has 0 unspecified atom stereocenters. The number of nitrogens with zero attached hydrogens (tertiary/aromatic N) is 2. The van der Waals surface area contributed by atoms with E-state index in [4.69, 9.17) is 22.5 Å². The molecular weight excluding hydrogens is 255 g/mol. The molecule has 2 aromatic rings. The lowest BCUT2D eigenvalue weighted by Gasteiger charge is -2.10. The molecule has 94 valence electrons. The molecule has 0 aliphatic carbocycles. The van der Waals surface area contributed by atoms with Crippen molar-refractivity contribution in [3.63, 3.8) is 0 Å². The van der Waals surface area contributed by atoms with Crippen molar-refractivity contribution in [2.45, 2.75) is 13.5 Å². The number of anilines is 1. The summed E-state index contributed by atoms with van der Waals surface area (Å²) in [6, 6.07) is 4.56. The minimum atomic E-state index is -0.461. The Bertz CT molecular complexity index is 584. The van der Waals surface area contributed by atoms with Crippen LogP contribution in [0.1, 0.15) is 17.3 Å². The van der Waals surface area contributed by atoms with Gasteiger partial charge in [0.05, 0.1) is 12.1 Å². The maximum absolute atomic E-state index is 13.6. The van der Waals surface area contributed by atoms with Crippen LogP contribution >= 0.6 is 12.2 Å². The van der Waals surface area contributed by atoms with Crippen LogP contribution in [-0.4, -0.2) is 15.1 Å². The summed E-state index contributed by atoms with van der Waals surface area (Å²) in [6.45, 7) is 2.00. The van der Waals surface area contributed by atoms with E-state index in [0.29, 0.717) is 23.9 Å². The Hall–Kier alpha value is -2.02. The zero-order valence-corrected chi connectivity index (χ0v) is 10.4. The third-order valence-corrected chi connectivity index (χ3v) is 2.47. The molecule has 7 heteroatoms. The summed E-state index contributed by atoms with van der Waals surface area (Å²) in [5.74, 6) is 0.489. The first-order valence-corrected chi connectivity index (χ1v) is 5.60. The van der Waals surface area contributed by atoms with Crippen molar-refractivity contribution in [3.8, 4) is 0 Å². The number of nitrogens with two attached hydrogens (primary N) is 1. The molecule has 0 aliphatic heterocycles. The fraction of sp³-hybridized carbons (Fsp3) is 0.182. The summed E-state index contributed by atoms with van der Waals surface area (Å²) in [5.41, 5.74) is 6.18. The molecule has 0 bridgehead atoms. The van der Waals surface area contributed by atoms with Crippen LogP contribution in [0.3, 0.4) is 0 Å². The third-order valence-electron chi connectivity index (χ3n) is 2.27. The molecule has 0 radical (unpaired) electrons. The molecule has 5 nitrogen and oxygen atoms in total. The highest BCUT2D eigenvalue weighted by molar-refractivity contribution is 7.80. The van der Waals surface area contributed by atoms with Crippen molar-refractivity contribution >= 4 is 22.9 Å². The number of aromatic nitrogens is 2. The summed E-state index contributed by atoms with van der Waals surface area (Å²) in [7, 11) is 0. The number of thiocarbonyl (C=S) groups is 1. The fourth-order valence-electron chi connectivity index (χ4n) is 1.51. The van der Waals surface area contributed by atoms with Crippen molar-refractivity contribution in [2.24, 2.45) is 5.73 Å². The molecule has 2 rings (SSSR count). The molecule has 0 fully saturated rings. The van der Waals surface area contributed by atoms with Gasteiger partial charge < -0.3 is 15.6 Å². The highest BCUT2D eigenvalue weighted by atomic mass is 32.1. The summed E-state index contributed by atoms with van der Waals surface area (Å²) < 4.78 is 18.4. The first-order chi connectivity index (χ1) is 8.58. The molecule has 3 N–H and O–H groups in total. The average Bonchev–Trinajstić information content (AvgIpc) is 2.72. The predicted octanol–water partition coefficient (Wildman–Crippen LogP) is 1.76. The van der Waals surface area contributed by atoms with Crippen LogP contribution in [0.2, 0.25) is 0 Å². The molecule has 1 aromatic carbocycles. The van der Waals surface area contributed by atoms with E-state index in [9.17, 15) is 4.39 Å². The standard InChI is InChI=1S/C11H11FN4OS/c1-6-15-9(16-17-6)5-14-8-4-2-3-7(12)10(8)11(13)18/h2-4,14H,5H2,1H3,(H2,13,18). The van der Waals surface area contributed by atoms with Gasteiger partial charge in [-0.2, -0.15) is 4.98 Å². The number of rotatable bonds is 4. The molecular formula is C11H11FN4OS. The van der Waals surface area contributed by atoms with Crippen LogP contribution in [0.25, 0.3) is 0 Å². The van der Waals surface area contributed by atoms with Gasteiger partial charge in [0.2, 0.25) is 5.89 Å². The molecule has 0 amide bonds. The smallest absolute Gasteiger partial charge is 0.223 e. The number of halogens is 1. The van der Waals surface area contributed by atoms with E-state index in [-0.39, 0.29) is 10.6 Å². The first-order valence-electron chi connectivity index (χ1n) is 5.19. The Morgan fingerprint density at radius 2 is 2.33 bits per heavy atom. The van der Waals surface area contributed by atoms with Crippen molar-refractivity contribution in [3.05, 3.63) is 41.3 Å². The van der Waals surface area contributed by atoms with Gasteiger partial charge in [0, 0.05) is 12.6 Å². The van der Waals surface area contributed by atoms with E-state index in [1.807, 2.05) is 0 Å². The minimum absolute atomic E-state index is 0.0000995. The molecule has 0 saturated carbocycles. The van der Waals surface area contributed by atoms with E-state index in [1.54, 1.807) is 19.1 Å². The van der Waals surface area contributed by atoms with Crippen LogP contribution < -0.4 is 11.1 Å². The maximum atomic E-state index is 13.6. The Kier molecular flexibility index (Phi) is 3.52. The summed E-state index contributed by atoms with van der Waals surface area (Å²) in [6.07, 6.45) is 0. The lowest BCUT2D eigenvalue weighted by Crippen LogP contribution is -2.15. The normalized spacial score (nSPS) is 10.3. The second-order valence-corrected chi connectivity index (χ2v) is 4.05. The van der Waals surface area contributed by atoms with Crippen molar-refractivity contribution in [1.29, 1.82) is 0 Å². The molecule has 0 spiro atoms. The van der Waals surface area contributed by atoms with Crippen LogP contribution in [0.4, 0.5) is 10.1 Å². The molecule has 0 aliphatic rings. The van der Waals surface area contributed by atoms with Crippen molar-refractivity contribution in [2.75, 3.05) is 5.32 Å². The SMILES string of the molecule is Cc1nc(CNc2cccc(F)c2C(N)=S)no1. The Morgan fingerprint density at radius 3 is 2.94 bits per heavy atom. The van der Waals surface area contributed by atoms with Gasteiger partial charge in [0.25, 0.3) is 0 Å². The summed E-state index contributed by atoms with van der Waals surface area (Å²) in [4.78, 5) is 4.02. The van der Waals surface area contributed by atoms with Crippen LogP contribution in [0.5, 0.6) is 0 Å². The third kappa shape index (κ3) is 2.62. The molecule has 0 saturated heterocycles. The largest absolute Gasteiger partial charge is 0.389 e.